The molecule has 0 bridgehead atoms. The van der Waals surface area contributed by atoms with Crippen LogP contribution >= 0.6 is 11.3 Å². The van der Waals surface area contributed by atoms with Crippen molar-refractivity contribution in [3.63, 3.8) is 0 Å². The lowest BCUT2D eigenvalue weighted by Gasteiger charge is -2.41. The molecule has 0 saturated carbocycles. The number of ether oxygens (including phenoxy) is 1. The van der Waals surface area contributed by atoms with Gasteiger partial charge in [0.05, 0.1) is 11.0 Å². The summed E-state index contributed by atoms with van der Waals surface area (Å²) in [5.41, 5.74) is 2.54. The van der Waals surface area contributed by atoms with Crippen LogP contribution in [0.15, 0.2) is 24.4 Å². The molecule has 2 aromatic rings. The number of rotatable bonds is 4. The van der Waals surface area contributed by atoms with Crippen molar-refractivity contribution in [1.82, 2.24) is 14.8 Å². The van der Waals surface area contributed by atoms with E-state index in [0.717, 1.165) is 43.2 Å². The summed E-state index contributed by atoms with van der Waals surface area (Å²) < 4.78 is 5.33. The molecule has 2 aliphatic heterocycles. The van der Waals surface area contributed by atoms with Crippen LogP contribution in [0.4, 0.5) is 5.00 Å². The van der Waals surface area contributed by atoms with Gasteiger partial charge in [-0.3, -0.25) is 9.88 Å². The molecule has 0 amide bonds. The van der Waals surface area contributed by atoms with Gasteiger partial charge < -0.3 is 15.0 Å². The second kappa shape index (κ2) is 7.39. The number of pyridine rings is 1. The number of likely N-dealkylation sites (N-methyl/N-ethyl adjacent to an activating group) is 1. The van der Waals surface area contributed by atoms with Gasteiger partial charge in [0.2, 0.25) is 0 Å². The Bertz CT molecular complexity index is 907. The molecular formula is C20H26N4OS. The number of aromatic nitrogens is 1. The zero-order chi connectivity index (χ0) is 18.1. The van der Waals surface area contributed by atoms with E-state index in [-0.39, 0.29) is 0 Å². The van der Waals surface area contributed by atoms with Crippen molar-refractivity contribution in [1.29, 1.82) is 0 Å². The smallest absolute Gasteiger partial charge is 0.102 e. The zero-order valence-corrected chi connectivity index (χ0v) is 16.5. The van der Waals surface area contributed by atoms with Crippen LogP contribution in [0.25, 0.3) is 11.9 Å². The van der Waals surface area contributed by atoms with Crippen LogP contribution in [0, 0.1) is 6.92 Å². The maximum Gasteiger partial charge on any atom is 0.102 e. The summed E-state index contributed by atoms with van der Waals surface area (Å²) in [5, 5.41) is 6.94. The van der Waals surface area contributed by atoms with Crippen LogP contribution in [0.1, 0.15) is 16.9 Å². The van der Waals surface area contributed by atoms with Gasteiger partial charge in [-0.2, -0.15) is 0 Å². The minimum absolute atomic E-state index is 0.492. The summed E-state index contributed by atoms with van der Waals surface area (Å²) >= 11 is 1.81. The molecule has 1 saturated heterocycles. The number of aryl methyl sites for hydroxylation is 1. The highest BCUT2D eigenvalue weighted by Crippen LogP contribution is 2.34. The fourth-order valence-electron chi connectivity index (χ4n) is 3.84. The first-order chi connectivity index (χ1) is 12.7. The van der Waals surface area contributed by atoms with Crippen LogP contribution < -0.4 is 15.9 Å². The van der Waals surface area contributed by atoms with E-state index < -0.39 is 0 Å². The molecule has 4 rings (SSSR count). The minimum atomic E-state index is 0.492. The minimum Gasteiger partial charge on any atom is -0.385 e. The van der Waals surface area contributed by atoms with Gasteiger partial charge in [-0.25, -0.2) is 0 Å². The second-order valence-electron chi connectivity index (χ2n) is 7.04. The first kappa shape index (κ1) is 17.5. The highest BCUT2D eigenvalue weighted by atomic mass is 32.1. The van der Waals surface area contributed by atoms with Crippen LogP contribution in [0.5, 0.6) is 0 Å². The molecule has 1 unspecified atom stereocenters. The van der Waals surface area contributed by atoms with Crippen LogP contribution in [-0.2, 0) is 4.74 Å². The first-order valence-electron chi connectivity index (χ1n) is 9.14. The van der Waals surface area contributed by atoms with Gasteiger partial charge in [-0.15, -0.1) is 11.3 Å². The lowest BCUT2D eigenvalue weighted by atomic mass is 10.1. The van der Waals surface area contributed by atoms with E-state index in [2.05, 4.69) is 47.4 Å². The Balaban J connectivity index is 1.81. The Kier molecular flexibility index (Phi) is 4.98. The number of anilines is 1. The highest BCUT2D eigenvalue weighted by molar-refractivity contribution is 7.16. The van der Waals surface area contributed by atoms with Gasteiger partial charge >= 0.3 is 0 Å². The van der Waals surface area contributed by atoms with Crippen molar-refractivity contribution < 1.29 is 4.74 Å². The average Bonchev–Trinajstić information content (AvgIpc) is 2.94. The van der Waals surface area contributed by atoms with Crippen molar-refractivity contribution in [3.8, 4) is 0 Å². The van der Waals surface area contributed by atoms with Crippen molar-refractivity contribution in [2.45, 2.75) is 19.4 Å². The quantitative estimate of drug-likeness (QED) is 0.882. The van der Waals surface area contributed by atoms with Crippen LogP contribution in [0.2, 0.25) is 0 Å². The van der Waals surface area contributed by atoms with Gasteiger partial charge in [0.1, 0.15) is 5.00 Å². The fourth-order valence-corrected chi connectivity index (χ4v) is 4.72. The van der Waals surface area contributed by atoms with Gasteiger partial charge in [-0.1, -0.05) is 0 Å². The fraction of sp³-hybridized carbons (Fsp3) is 0.450. The van der Waals surface area contributed by atoms with Gasteiger partial charge in [0.25, 0.3) is 0 Å². The molecule has 1 N–H and O–H groups in total. The lowest BCUT2D eigenvalue weighted by molar-refractivity contribution is 0.0960. The van der Waals surface area contributed by atoms with E-state index in [1.165, 1.54) is 21.1 Å². The van der Waals surface area contributed by atoms with E-state index >= 15 is 0 Å². The molecule has 0 spiro atoms. The number of nitrogens with zero attached hydrogens (tertiary/aromatic N) is 3. The topological polar surface area (TPSA) is 40.6 Å². The molecule has 2 aromatic heterocycles. The Labute approximate surface area is 158 Å². The summed E-state index contributed by atoms with van der Waals surface area (Å²) in [6, 6.07) is 6.93. The molecule has 1 fully saturated rings. The standard InChI is InChI=1S/C20H26N4OS/c1-14-11-17-19(24-9-8-23(2)16(13-24)6-10-25-3)18-15(5-4-7-21-18)12-22-20(17)26-14/h4-5,7,11-12,16,22H,6,8-10,13H2,1-3H3. The van der Waals surface area contributed by atoms with Crippen molar-refractivity contribution >= 4 is 28.2 Å². The molecule has 4 heterocycles. The molecule has 0 radical (unpaired) electrons. The highest BCUT2D eigenvalue weighted by Gasteiger charge is 2.28. The largest absolute Gasteiger partial charge is 0.385 e. The van der Waals surface area contributed by atoms with Crippen molar-refractivity contribution in [2.24, 2.45) is 0 Å². The summed E-state index contributed by atoms with van der Waals surface area (Å²) in [6.45, 7) is 6.03. The number of methoxy groups -OCH3 is 1. The SMILES string of the molecule is COCCC1CN(C2=c3ncccc3=CNc3sc(C)cc32)CCN1C. The first-order valence-corrected chi connectivity index (χ1v) is 9.96. The molecule has 0 aromatic carbocycles. The molecule has 2 aliphatic rings. The monoisotopic (exact) mass is 370 g/mol. The average molecular weight is 371 g/mol. The van der Waals surface area contributed by atoms with Crippen molar-refractivity contribution in [3.05, 3.63) is 45.4 Å². The summed E-state index contributed by atoms with van der Waals surface area (Å²) in [6.07, 6.45) is 5.03. The predicted molar refractivity (Wildman–Crippen MR) is 108 cm³/mol. The van der Waals surface area contributed by atoms with Gasteiger partial charge in [0.15, 0.2) is 0 Å². The molecule has 5 nitrogen and oxygen atoms in total. The van der Waals surface area contributed by atoms with Gasteiger partial charge in [-0.05, 0) is 38.6 Å². The molecule has 138 valence electrons. The van der Waals surface area contributed by atoms with Crippen molar-refractivity contribution in [2.75, 3.05) is 45.7 Å². The van der Waals surface area contributed by atoms with Crippen LogP contribution in [-0.4, -0.2) is 61.2 Å². The lowest BCUT2D eigenvalue weighted by Crippen LogP contribution is -2.52. The Morgan fingerprint density at radius 1 is 1.38 bits per heavy atom. The van der Waals surface area contributed by atoms with E-state index in [0.29, 0.717) is 6.04 Å². The Morgan fingerprint density at radius 2 is 2.27 bits per heavy atom. The maximum absolute atomic E-state index is 5.33. The third-order valence-corrected chi connectivity index (χ3v) is 6.26. The summed E-state index contributed by atoms with van der Waals surface area (Å²) in [7, 11) is 4.00. The molecule has 6 heteroatoms. The van der Waals surface area contributed by atoms with E-state index in [4.69, 9.17) is 9.72 Å². The van der Waals surface area contributed by atoms with E-state index in [9.17, 15) is 0 Å². The number of thiophene rings is 1. The second-order valence-corrected chi connectivity index (χ2v) is 8.30. The third kappa shape index (κ3) is 3.24. The number of piperazine rings is 1. The van der Waals surface area contributed by atoms with Gasteiger partial charge in [0, 0.05) is 67.4 Å². The van der Waals surface area contributed by atoms with E-state index in [1.807, 2.05) is 23.6 Å². The molecule has 1 atom stereocenters. The molecule has 0 aliphatic carbocycles. The molecule has 26 heavy (non-hydrogen) atoms. The Morgan fingerprint density at radius 3 is 3.12 bits per heavy atom. The zero-order valence-electron chi connectivity index (χ0n) is 15.7. The number of hydrogen-bond donors (Lipinski definition) is 1. The predicted octanol–water partition coefficient (Wildman–Crippen LogP) is 1.42. The summed E-state index contributed by atoms with van der Waals surface area (Å²) in [4.78, 5) is 11.1. The number of hydrogen-bond acceptors (Lipinski definition) is 6. The maximum atomic E-state index is 5.33. The Hall–Kier alpha value is -1.89. The number of fused-ring (bicyclic) bond motifs is 2. The van der Waals surface area contributed by atoms with Crippen LogP contribution in [0.3, 0.4) is 0 Å². The number of nitrogens with one attached hydrogen (secondary N) is 1. The van der Waals surface area contributed by atoms with E-state index in [1.54, 1.807) is 7.11 Å². The summed E-state index contributed by atoms with van der Waals surface area (Å²) in [5.74, 6) is 0. The normalized spacial score (nSPS) is 20.0. The third-order valence-electron chi connectivity index (χ3n) is 5.28. The molecular weight excluding hydrogens is 344 g/mol.